The van der Waals surface area contributed by atoms with Crippen molar-refractivity contribution in [3.63, 3.8) is 0 Å². The van der Waals surface area contributed by atoms with Gasteiger partial charge in [0.2, 0.25) is 5.89 Å². The minimum atomic E-state index is -0.207. The second kappa shape index (κ2) is 6.86. The summed E-state index contributed by atoms with van der Waals surface area (Å²) in [6.45, 7) is 1.26. The first-order chi connectivity index (χ1) is 9.69. The average Bonchev–Trinajstić information content (AvgIpc) is 2.94. The van der Waals surface area contributed by atoms with Gasteiger partial charge in [0.05, 0.1) is 19.2 Å². The van der Waals surface area contributed by atoms with E-state index in [0.29, 0.717) is 25.4 Å². The highest BCUT2D eigenvalue weighted by Gasteiger charge is 2.09. The molecule has 0 fully saturated rings. The molecular weight excluding hydrogens is 256 g/mol. The van der Waals surface area contributed by atoms with Gasteiger partial charge < -0.3 is 9.15 Å². The third-order valence-corrected chi connectivity index (χ3v) is 2.93. The van der Waals surface area contributed by atoms with Gasteiger partial charge in [-0.1, -0.05) is 18.2 Å². The monoisotopic (exact) mass is 274 g/mol. The molecule has 0 N–H and O–H groups in total. The highest BCUT2D eigenvalue weighted by atomic mass is 16.5. The number of hydrogen-bond donors (Lipinski definition) is 0. The molecule has 0 radical (unpaired) electrons. The third-order valence-electron chi connectivity index (χ3n) is 2.93. The van der Waals surface area contributed by atoms with Crippen LogP contribution in [0.4, 0.5) is 0 Å². The van der Waals surface area contributed by atoms with Crippen molar-refractivity contribution in [3.8, 4) is 11.5 Å². The van der Waals surface area contributed by atoms with Crippen molar-refractivity contribution >= 4 is 5.97 Å². The lowest BCUT2D eigenvalue weighted by atomic mass is 10.2. The van der Waals surface area contributed by atoms with Crippen LogP contribution in [-0.2, 0) is 16.1 Å². The summed E-state index contributed by atoms with van der Waals surface area (Å²) in [6.07, 6.45) is 2.02. The Kier molecular flexibility index (Phi) is 4.90. The van der Waals surface area contributed by atoms with Crippen LogP contribution in [0, 0.1) is 0 Å². The topological polar surface area (TPSA) is 55.6 Å². The quantitative estimate of drug-likeness (QED) is 0.757. The Morgan fingerprint density at radius 2 is 2.10 bits per heavy atom. The number of ether oxygens (including phenoxy) is 1. The second-order valence-corrected chi connectivity index (χ2v) is 4.57. The number of carbonyl (C=O) groups excluding carboxylic acids is 1. The van der Waals surface area contributed by atoms with Gasteiger partial charge in [0.25, 0.3) is 0 Å². The van der Waals surface area contributed by atoms with Crippen LogP contribution >= 0.6 is 0 Å². The van der Waals surface area contributed by atoms with Crippen molar-refractivity contribution in [2.24, 2.45) is 0 Å². The van der Waals surface area contributed by atoms with Crippen LogP contribution in [0.2, 0.25) is 0 Å². The zero-order valence-corrected chi connectivity index (χ0v) is 11.7. The zero-order chi connectivity index (χ0) is 14.4. The summed E-state index contributed by atoms with van der Waals surface area (Å²) < 4.78 is 10.1. The predicted octanol–water partition coefficient (Wildman–Crippen LogP) is 2.34. The van der Waals surface area contributed by atoms with E-state index in [4.69, 9.17) is 4.42 Å². The molecule has 0 unspecified atom stereocenters. The average molecular weight is 274 g/mol. The van der Waals surface area contributed by atoms with Crippen LogP contribution < -0.4 is 0 Å². The van der Waals surface area contributed by atoms with Gasteiger partial charge in [-0.3, -0.25) is 9.69 Å². The molecule has 106 valence electrons. The van der Waals surface area contributed by atoms with Crippen molar-refractivity contribution in [2.75, 3.05) is 20.7 Å². The third kappa shape index (κ3) is 3.93. The van der Waals surface area contributed by atoms with E-state index in [2.05, 4.69) is 9.72 Å². The normalized spacial score (nSPS) is 10.8. The Morgan fingerprint density at radius 3 is 2.80 bits per heavy atom. The lowest BCUT2D eigenvalue weighted by molar-refractivity contribution is -0.140. The summed E-state index contributed by atoms with van der Waals surface area (Å²) in [5.41, 5.74) is 1.80. The lowest BCUT2D eigenvalue weighted by Crippen LogP contribution is -2.22. The van der Waals surface area contributed by atoms with Crippen molar-refractivity contribution < 1.29 is 13.9 Å². The van der Waals surface area contributed by atoms with Gasteiger partial charge in [-0.15, -0.1) is 0 Å². The molecule has 0 aliphatic rings. The summed E-state index contributed by atoms with van der Waals surface area (Å²) >= 11 is 0. The van der Waals surface area contributed by atoms with Crippen LogP contribution in [0.15, 0.2) is 41.0 Å². The zero-order valence-electron chi connectivity index (χ0n) is 11.7. The molecule has 2 aromatic rings. The second-order valence-electron chi connectivity index (χ2n) is 4.57. The number of methoxy groups -OCH3 is 1. The lowest BCUT2D eigenvalue weighted by Gasteiger charge is -2.13. The van der Waals surface area contributed by atoms with Crippen LogP contribution in [0.5, 0.6) is 0 Å². The standard InChI is InChI=1S/C15H18N2O3/c1-17(9-8-14(18)19-2)10-13-11-20-15(16-13)12-6-4-3-5-7-12/h3-7,11H,8-10H2,1-2H3. The molecule has 1 aromatic heterocycles. The molecule has 5 heteroatoms. The van der Waals surface area contributed by atoms with E-state index < -0.39 is 0 Å². The summed E-state index contributed by atoms with van der Waals surface area (Å²) in [4.78, 5) is 17.5. The molecule has 20 heavy (non-hydrogen) atoms. The Hall–Kier alpha value is -2.14. The van der Waals surface area contributed by atoms with Crippen LogP contribution in [0.1, 0.15) is 12.1 Å². The molecule has 0 saturated heterocycles. The summed E-state index contributed by atoms with van der Waals surface area (Å²) in [6, 6.07) is 9.75. The first-order valence-electron chi connectivity index (χ1n) is 6.44. The number of esters is 1. The van der Waals surface area contributed by atoms with Crippen LogP contribution in [0.25, 0.3) is 11.5 Å². The highest BCUT2D eigenvalue weighted by molar-refractivity contribution is 5.69. The first-order valence-corrected chi connectivity index (χ1v) is 6.44. The predicted molar refractivity (Wildman–Crippen MR) is 74.9 cm³/mol. The van der Waals surface area contributed by atoms with E-state index >= 15 is 0 Å². The molecule has 1 aromatic carbocycles. The fourth-order valence-corrected chi connectivity index (χ4v) is 1.83. The number of rotatable bonds is 6. The van der Waals surface area contributed by atoms with Gasteiger partial charge in [-0.25, -0.2) is 4.98 Å². The Labute approximate surface area is 118 Å². The Bertz CT molecular complexity index is 551. The Morgan fingerprint density at radius 1 is 1.35 bits per heavy atom. The maximum Gasteiger partial charge on any atom is 0.306 e. The van der Waals surface area contributed by atoms with Gasteiger partial charge in [-0.2, -0.15) is 0 Å². The highest BCUT2D eigenvalue weighted by Crippen LogP contribution is 2.18. The maximum absolute atomic E-state index is 11.1. The molecule has 0 spiro atoms. The van der Waals surface area contributed by atoms with Crippen molar-refractivity contribution in [2.45, 2.75) is 13.0 Å². The van der Waals surface area contributed by atoms with E-state index in [0.717, 1.165) is 11.3 Å². The number of hydrogen-bond acceptors (Lipinski definition) is 5. The number of nitrogens with zero attached hydrogens (tertiary/aromatic N) is 2. The number of oxazole rings is 1. The molecule has 2 rings (SSSR count). The van der Waals surface area contributed by atoms with Gasteiger partial charge in [-0.05, 0) is 19.2 Å². The molecular formula is C15H18N2O3. The van der Waals surface area contributed by atoms with Gasteiger partial charge in [0, 0.05) is 18.7 Å². The molecule has 0 bridgehead atoms. The smallest absolute Gasteiger partial charge is 0.306 e. The molecule has 5 nitrogen and oxygen atoms in total. The number of benzene rings is 1. The molecule has 1 heterocycles. The minimum Gasteiger partial charge on any atom is -0.469 e. The fourth-order valence-electron chi connectivity index (χ4n) is 1.83. The summed E-state index contributed by atoms with van der Waals surface area (Å²) in [5.74, 6) is 0.406. The SMILES string of the molecule is COC(=O)CCN(C)Cc1coc(-c2ccccc2)n1. The summed E-state index contributed by atoms with van der Waals surface area (Å²) in [5, 5.41) is 0. The van der Waals surface area contributed by atoms with Crippen molar-refractivity contribution in [1.82, 2.24) is 9.88 Å². The molecule has 0 amide bonds. The number of aromatic nitrogens is 1. The first kappa shape index (κ1) is 14.3. The van der Waals surface area contributed by atoms with Gasteiger partial charge >= 0.3 is 5.97 Å². The van der Waals surface area contributed by atoms with Crippen molar-refractivity contribution in [3.05, 3.63) is 42.3 Å². The largest absolute Gasteiger partial charge is 0.469 e. The fraction of sp³-hybridized carbons (Fsp3) is 0.333. The van der Waals surface area contributed by atoms with Gasteiger partial charge in [0.1, 0.15) is 6.26 Å². The minimum absolute atomic E-state index is 0.207. The van der Waals surface area contributed by atoms with E-state index in [9.17, 15) is 4.79 Å². The van der Waals surface area contributed by atoms with Crippen molar-refractivity contribution in [1.29, 1.82) is 0 Å². The van der Waals surface area contributed by atoms with E-state index in [1.54, 1.807) is 6.26 Å². The molecule has 0 aliphatic carbocycles. The Balaban J connectivity index is 1.91. The molecule has 0 aliphatic heterocycles. The van der Waals surface area contributed by atoms with Crippen LogP contribution in [-0.4, -0.2) is 36.6 Å². The molecule has 0 atom stereocenters. The van der Waals surface area contributed by atoms with Gasteiger partial charge in [0.15, 0.2) is 0 Å². The molecule has 0 saturated carbocycles. The van der Waals surface area contributed by atoms with E-state index in [1.165, 1.54) is 7.11 Å². The summed E-state index contributed by atoms with van der Waals surface area (Å²) in [7, 11) is 3.33. The maximum atomic E-state index is 11.1. The number of carbonyl (C=O) groups is 1. The van der Waals surface area contributed by atoms with Crippen LogP contribution in [0.3, 0.4) is 0 Å². The van der Waals surface area contributed by atoms with E-state index in [-0.39, 0.29) is 5.97 Å². The van der Waals surface area contributed by atoms with E-state index in [1.807, 2.05) is 42.3 Å².